The average Bonchev–Trinajstić information content (AvgIpc) is 3.20. The molecule has 0 saturated carbocycles. The molecule has 1 aromatic rings. The lowest BCUT2D eigenvalue weighted by molar-refractivity contribution is 0.0419. The van der Waals surface area contributed by atoms with Crippen molar-refractivity contribution < 1.29 is 18.7 Å². The van der Waals surface area contributed by atoms with Gasteiger partial charge in [0.05, 0.1) is 23.8 Å². The topological polar surface area (TPSA) is 59.6 Å². The Morgan fingerprint density at radius 1 is 1.20 bits per heavy atom. The van der Waals surface area contributed by atoms with Crippen LogP contribution in [0.5, 0.6) is 0 Å². The molecule has 5 nitrogen and oxygen atoms in total. The van der Waals surface area contributed by atoms with E-state index in [1.165, 1.54) is 12.1 Å². The highest BCUT2D eigenvalue weighted by Gasteiger charge is 2.42. The zero-order valence-corrected chi connectivity index (χ0v) is 14.3. The second-order valence-corrected chi connectivity index (χ2v) is 7.51. The molecule has 1 aromatic carbocycles. The second-order valence-electron chi connectivity index (χ2n) is 7.51. The molecule has 0 unspecified atom stereocenters. The van der Waals surface area contributed by atoms with E-state index in [9.17, 15) is 9.18 Å². The maximum atomic E-state index is 13.2. The number of carbonyl (C=O) groups is 1. The van der Waals surface area contributed by atoms with Crippen LogP contribution in [0.15, 0.2) is 24.3 Å². The largest absolute Gasteiger partial charge is 0.381 e. The van der Waals surface area contributed by atoms with E-state index in [0.717, 1.165) is 37.7 Å². The van der Waals surface area contributed by atoms with Crippen molar-refractivity contribution in [1.29, 1.82) is 0 Å². The molecule has 25 heavy (non-hydrogen) atoms. The van der Waals surface area contributed by atoms with Gasteiger partial charge in [-0.15, -0.1) is 0 Å². The summed E-state index contributed by atoms with van der Waals surface area (Å²) in [6, 6.07) is 6.49. The van der Waals surface area contributed by atoms with Gasteiger partial charge in [0.2, 0.25) is 0 Å². The lowest BCUT2D eigenvalue weighted by atomic mass is 9.83. The van der Waals surface area contributed by atoms with E-state index < -0.39 is 0 Å². The maximum absolute atomic E-state index is 13.2. The molecule has 3 atom stereocenters. The quantitative estimate of drug-likeness (QED) is 0.879. The Labute approximate surface area is 147 Å². The molecule has 136 valence electrons. The van der Waals surface area contributed by atoms with Crippen LogP contribution in [0.3, 0.4) is 0 Å². The summed E-state index contributed by atoms with van der Waals surface area (Å²) in [5.74, 6) is -0.244. The van der Waals surface area contributed by atoms with Crippen LogP contribution >= 0.6 is 0 Å². The number of urea groups is 1. The summed E-state index contributed by atoms with van der Waals surface area (Å²) in [4.78, 5) is 12.6. The number of ether oxygens (including phenoxy) is 2. The SMILES string of the molecule is O=C(N[C@@H]1C[C@H]2CC[C@@H]1O2)NC1(Cc2ccc(F)cc2)CCOCC1. The first-order valence-corrected chi connectivity index (χ1v) is 9.18. The predicted octanol–water partition coefficient (Wildman–Crippen LogP) is 2.54. The van der Waals surface area contributed by atoms with Gasteiger partial charge in [-0.05, 0) is 56.2 Å². The molecular weight excluding hydrogens is 323 g/mol. The second kappa shape index (κ2) is 6.92. The molecule has 3 aliphatic rings. The normalized spacial score (nSPS) is 30.2. The molecule has 3 saturated heterocycles. The fraction of sp³-hybridized carbons (Fsp3) is 0.632. The molecular formula is C19H25FN2O3. The van der Waals surface area contributed by atoms with Gasteiger partial charge in [-0.25, -0.2) is 9.18 Å². The summed E-state index contributed by atoms with van der Waals surface area (Å²) in [5, 5.41) is 6.30. The van der Waals surface area contributed by atoms with Crippen molar-refractivity contribution in [3.05, 3.63) is 35.6 Å². The van der Waals surface area contributed by atoms with Gasteiger partial charge in [0.25, 0.3) is 0 Å². The standard InChI is InChI=1S/C19H25FN2O3/c20-14-3-1-13(2-4-14)12-19(7-9-24-10-8-19)22-18(23)21-16-11-15-5-6-17(16)25-15/h1-4,15-17H,5-12H2,(H2,21,22,23)/t15-,16-,17+/m1/s1. The summed E-state index contributed by atoms with van der Waals surface area (Å²) in [6.45, 7) is 1.25. The molecule has 2 bridgehead atoms. The third-order valence-corrected chi connectivity index (χ3v) is 5.71. The average molecular weight is 348 g/mol. The van der Waals surface area contributed by atoms with Crippen LogP contribution in [0.2, 0.25) is 0 Å². The Morgan fingerprint density at radius 2 is 1.96 bits per heavy atom. The predicted molar refractivity (Wildman–Crippen MR) is 90.9 cm³/mol. The van der Waals surface area contributed by atoms with E-state index in [2.05, 4.69) is 10.6 Å². The van der Waals surface area contributed by atoms with Gasteiger partial charge < -0.3 is 20.1 Å². The Balaban J connectivity index is 1.41. The van der Waals surface area contributed by atoms with Crippen LogP contribution in [-0.4, -0.2) is 43.0 Å². The van der Waals surface area contributed by atoms with Crippen LogP contribution in [0.1, 0.15) is 37.7 Å². The Morgan fingerprint density at radius 3 is 2.60 bits per heavy atom. The minimum Gasteiger partial charge on any atom is -0.381 e. The van der Waals surface area contributed by atoms with Crippen molar-refractivity contribution in [2.45, 2.75) is 62.3 Å². The first-order valence-electron chi connectivity index (χ1n) is 9.18. The molecule has 3 fully saturated rings. The zero-order chi connectivity index (χ0) is 17.3. The summed E-state index contributed by atoms with van der Waals surface area (Å²) < 4.78 is 24.5. The maximum Gasteiger partial charge on any atom is 0.315 e. The smallest absolute Gasteiger partial charge is 0.315 e. The van der Waals surface area contributed by atoms with Crippen molar-refractivity contribution in [2.75, 3.05) is 13.2 Å². The number of nitrogens with one attached hydrogen (secondary N) is 2. The van der Waals surface area contributed by atoms with Crippen LogP contribution in [0.4, 0.5) is 9.18 Å². The molecule has 2 amide bonds. The number of hydrogen-bond acceptors (Lipinski definition) is 3. The van der Waals surface area contributed by atoms with Gasteiger partial charge in [0.1, 0.15) is 5.82 Å². The molecule has 3 heterocycles. The number of amides is 2. The van der Waals surface area contributed by atoms with Crippen LogP contribution in [-0.2, 0) is 15.9 Å². The summed E-state index contributed by atoms with van der Waals surface area (Å²) in [6.07, 6.45) is 5.71. The number of rotatable bonds is 4. The number of carbonyl (C=O) groups excluding carboxylic acids is 1. The van der Waals surface area contributed by atoms with Gasteiger partial charge in [-0.1, -0.05) is 12.1 Å². The van der Waals surface area contributed by atoms with Crippen LogP contribution < -0.4 is 10.6 Å². The minimum absolute atomic E-state index is 0.112. The van der Waals surface area contributed by atoms with E-state index in [4.69, 9.17) is 9.47 Å². The Kier molecular flexibility index (Phi) is 4.65. The van der Waals surface area contributed by atoms with E-state index in [0.29, 0.717) is 25.7 Å². The third-order valence-electron chi connectivity index (χ3n) is 5.71. The minimum atomic E-state index is -0.349. The third kappa shape index (κ3) is 3.80. The summed E-state index contributed by atoms with van der Waals surface area (Å²) in [7, 11) is 0. The van der Waals surface area contributed by atoms with Crippen molar-refractivity contribution in [3.63, 3.8) is 0 Å². The van der Waals surface area contributed by atoms with E-state index in [-0.39, 0.29) is 29.5 Å². The number of benzene rings is 1. The zero-order valence-electron chi connectivity index (χ0n) is 14.3. The van der Waals surface area contributed by atoms with Gasteiger partial charge in [-0.2, -0.15) is 0 Å². The van der Waals surface area contributed by atoms with Crippen LogP contribution in [0.25, 0.3) is 0 Å². The fourth-order valence-corrected chi connectivity index (χ4v) is 4.34. The molecule has 0 aromatic heterocycles. The molecule has 0 aliphatic carbocycles. The first kappa shape index (κ1) is 16.8. The number of halogens is 1. The highest BCUT2D eigenvalue weighted by Crippen LogP contribution is 2.34. The molecule has 4 rings (SSSR count). The summed E-state index contributed by atoms with van der Waals surface area (Å²) >= 11 is 0. The van der Waals surface area contributed by atoms with Crippen LogP contribution in [0, 0.1) is 5.82 Å². The van der Waals surface area contributed by atoms with Crippen molar-refractivity contribution in [3.8, 4) is 0 Å². The molecule has 6 heteroatoms. The molecule has 3 aliphatic heterocycles. The van der Waals surface area contributed by atoms with E-state index in [1.54, 1.807) is 12.1 Å². The lowest BCUT2D eigenvalue weighted by Gasteiger charge is -2.38. The molecule has 0 radical (unpaired) electrons. The van der Waals surface area contributed by atoms with Gasteiger partial charge in [0.15, 0.2) is 0 Å². The highest BCUT2D eigenvalue weighted by atomic mass is 19.1. The van der Waals surface area contributed by atoms with Gasteiger partial charge in [-0.3, -0.25) is 0 Å². The molecule has 2 N–H and O–H groups in total. The monoisotopic (exact) mass is 348 g/mol. The highest BCUT2D eigenvalue weighted by molar-refractivity contribution is 5.75. The number of hydrogen-bond donors (Lipinski definition) is 2. The van der Waals surface area contributed by atoms with Crippen molar-refractivity contribution in [1.82, 2.24) is 10.6 Å². The van der Waals surface area contributed by atoms with Gasteiger partial charge >= 0.3 is 6.03 Å². The summed E-state index contributed by atoms with van der Waals surface area (Å²) in [5.41, 5.74) is 0.672. The lowest BCUT2D eigenvalue weighted by Crippen LogP contribution is -2.58. The van der Waals surface area contributed by atoms with E-state index in [1.807, 2.05) is 0 Å². The Bertz CT molecular complexity index is 616. The van der Waals surface area contributed by atoms with Crippen molar-refractivity contribution in [2.24, 2.45) is 0 Å². The number of fused-ring (bicyclic) bond motifs is 2. The van der Waals surface area contributed by atoms with E-state index >= 15 is 0 Å². The first-order chi connectivity index (χ1) is 12.1. The fourth-order valence-electron chi connectivity index (χ4n) is 4.34. The van der Waals surface area contributed by atoms with Crippen molar-refractivity contribution >= 4 is 6.03 Å². The van der Waals surface area contributed by atoms with Gasteiger partial charge in [0, 0.05) is 13.2 Å². The Hall–Kier alpha value is -1.66. The molecule has 0 spiro atoms.